The van der Waals surface area contributed by atoms with E-state index in [-0.39, 0.29) is 17.2 Å². The normalized spacial score (nSPS) is 10.8. The molecule has 0 fully saturated rings. The van der Waals surface area contributed by atoms with Crippen molar-refractivity contribution in [3.8, 4) is 11.3 Å². The number of hydrogen-bond donors (Lipinski definition) is 2. The summed E-state index contributed by atoms with van der Waals surface area (Å²) < 4.78 is 6.04. The number of rotatable bonds is 4. The molecule has 0 unspecified atom stereocenters. The number of fused-ring (bicyclic) bond motifs is 1. The Kier molecular flexibility index (Phi) is 5.84. The van der Waals surface area contributed by atoms with Crippen molar-refractivity contribution < 1.29 is 14.0 Å². The van der Waals surface area contributed by atoms with Gasteiger partial charge in [-0.05, 0) is 67.8 Å². The van der Waals surface area contributed by atoms with Crippen LogP contribution < -0.4 is 16.1 Å². The minimum atomic E-state index is -0.282. The zero-order chi connectivity index (χ0) is 23.7. The molecule has 166 valence electrons. The maximum absolute atomic E-state index is 12.8. The van der Waals surface area contributed by atoms with Gasteiger partial charge in [0.1, 0.15) is 11.3 Å². The van der Waals surface area contributed by atoms with Gasteiger partial charge >= 0.3 is 0 Å². The van der Waals surface area contributed by atoms with Crippen LogP contribution in [0, 0.1) is 20.8 Å². The lowest BCUT2D eigenvalue weighted by Crippen LogP contribution is -2.13. The molecule has 1 aromatic heterocycles. The molecule has 6 nitrogen and oxygen atoms in total. The molecule has 0 spiro atoms. The molecule has 2 amide bonds. The zero-order valence-corrected chi connectivity index (χ0v) is 18.9. The Morgan fingerprint density at radius 2 is 1.55 bits per heavy atom. The van der Waals surface area contributed by atoms with Crippen LogP contribution in [0.5, 0.6) is 0 Å². The predicted molar refractivity (Wildman–Crippen MR) is 131 cm³/mol. The number of nitrogens with one attached hydrogen (secondary N) is 2. The highest BCUT2D eigenvalue weighted by atomic mass is 16.3. The van der Waals surface area contributed by atoms with Gasteiger partial charge in [-0.1, -0.05) is 24.3 Å². The highest BCUT2D eigenvalue weighted by molar-refractivity contribution is 6.05. The van der Waals surface area contributed by atoms with E-state index in [9.17, 15) is 14.4 Å². The van der Waals surface area contributed by atoms with Gasteiger partial charge in [-0.25, -0.2) is 0 Å². The quantitative estimate of drug-likeness (QED) is 0.433. The van der Waals surface area contributed by atoms with Crippen molar-refractivity contribution in [1.82, 2.24) is 0 Å². The Bertz CT molecular complexity index is 1450. The summed E-state index contributed by atoms with van der Waals surface area (Å²) in [5.41, 5.74) is 5.63. The standard InChI is InChI=1S/C27H24N2O4/c1-15-11-17(3)26-22(12-15)24(31)14-25(33-26)19-6-8-20(9-7-19)27(32)29-23-13-21(28-18(4)30)10-5-16(23)2/h5-14H,1-4H3,(H,28,30)(H,29,32). The molecule has 0 aliphatic heterocycles. The van der Waals surface area contributed by atoms with Gasteiger partial charge < -0.3 is 15.1 Å². The summed E-state index contributed by atoms with van der Waals surface area (Å²) >= 11 is 0. The average Bonchev–Trinajstić information content (AvgIpc) is 2.76. The first-order chi connectivity index (χ1) is 15.7. The van der Waals surface area contributed by atoms with E-state index < -0.39 is 0 Å². The van der Waals surface area contributed by atoms with Crippen LogP contribution in [0.4, 0.5) is 11.4 Å². The van der Waals surface area contributed by atoms with Crippen LogP contribution in [0.2, 0.25) is 0 Å². The Morgan fingerprint density at radius 1 is 0.818 bits per heavy atom. The molecule has 2 N–H and O–H groups in total. The Hall–Kier alpha value is -4.19. The molecule has 0 saturated carbocycles. The van der Waals surface area contributed by atoms with E-state index >= 15 is 0 Å². The van der Waals surface area contributed by atoms with Gasteiger partial charge in [-0.2, -0.15) is 0 Å². The maximum Gasteiger partial charge on any atom is 0.255 e. The van der Waals surface area contributed by atoms with Gasteiger partial charge in [0.05, 0.1) is 5.39 Å². The van der Waals surface area contributed by atoms with Crippen LogP contribution in [-0.2, 0) is 4.79 Å². The SMILES string of the molecule is CC(=O)Nc1ccc(C)c(NC(=O)c2ccc(-c3cc(=O)c4cc(C)cc(C)c4o3)cc2)c1. The number of anilines is 2. The number of benzene rings is 3. The van der Waals surface area contributed by atoms with Crippen molar-refractivity contribution >= 4 is 34.2 Å². The van der Waals surface area contributed by atoms with E-state index in [2.05, 4.69) is 10.6 Å². The number of carbonyl (C=O) groups is 2. The molecule has 0 atom stereocenters. The lowest BCUT2D eigenvalue weighted by Gasteiger charge is -2.11. The maximum atomic E-state index is 12.8. The summed E-state index contributed by atoms with van der Waals surface area (Å²) in [6, 6.07) is 17.5. The summed E-state index contributed by atoms with van der Waals surface area (Å²) in [5.74, 6) is -0.0152. The number of carbonyl (C=O) groups excluding carboxylic acids is 2. The number of aryl methyl sites for hydroxylation is 3. The van der Waals surface area contributed by atoms with Crippen molar-refractivity contribution in [3.05, 3.63) is 93.1 Å². The van der Waals surface area contributed by atoms with E-state index in [1.807, 2.05) is 39.0 Å². The van der Waals surface area contributed by atoms with Gasteiger partial charge in [-0.15, -0.1) is 0 Å². The lowest BCUT2D eigenvalue weighted by molar-refractivity contribution is -0.114. The van der Waals surface area contributed by atoms with Crippen molar-refractivity contribution in [2.24, 2.45) is 0 Å². The van der Waals surface area contributed by atoms with Gasteiger partial charge in [-0.3, -0.25) is 14.4 Å². The van der Waals surface area contributed by atoms with Crippen molar-refractivity contribution in [2.75, 3.05) is 10.6 Å². The van der Waals surface area contributed by atoms with Gasteiger partial charge in [0.2, 0.25) is 5.91 Å². The monoisotopic (exact) mass is 440 g/mol. The first-order valence-electron chi connectivity index (χ1n) is 10.6. The summed E-state index contributed by atoms with van der Waals surface area (Å²) in [5, 5.41) is 6.15. The number of amides is 2. The van der Waals surface area contributed by atoms with Gasteiger partial charge in [0.25, 0.3) is 5.91 Å². The first kappa shape index (κ1) is 22.0. The smallest absolute Gasteiger partial charge is 0.255 e. The second-order valence-corrected chi connectivity index (χ2v) is 8.18. The van der Waals surface area contributed by atoms with Gasteiger partial charge in [0, 0.05) is 35.5 Å². The predicted octanol–water partition coefficient (Wildman–Crippen LogP) is 5.60. The highest BCUT2D eigenvalue weighted by Gasteiger charge is 2.12. The van der Waals surface area contributed by atoms with Crippen molar-refractivity contribution in [1.29, 1.82) is 0 Å². The number of hydrogen-bond acceptors (Lipinski definition) is 4. The third kappa shape index (κ3) is 4.70. The van der Waals surface area contributed by atoms with Crippen LogP contribution in [0.15, 0.2) is 69.9 Å². The second kappa shape index (κ2) is 8.74. The molecular formula is C27H24N2O4. The molecule has 33 heavy (non-hydrogen) atoms. The minimum Gasteiger partial charge on any atom is -0.456 e. The van der Waals surface area contributed by atoms with Gasteiger partial charge in [0.15, 0.2) is 5.43 Å². The molecule has 3 aromatic carbocycles. The summed E-state index contributed by atoms with van der Waals surface area (Å²) in [6.07, 6.45) is 0. The molecule has 6 heteroatoms. The lowest BCUT2D eigenvalue weighted by atomic mass is 10.1. The van der Waals surface area contributed by atoms with Crippen LogP contribution in [-0.4, -0.2) is 11.8 Å². The van der Waals surface area contributed by atoms with Crippen molar-refractivity contribution in [2.45, 2.75) is 27.7 Å². The minimum absolute atomic E-state index is 0.102. The molecule has 0 aliphatic carbocycles. The molecular weight excluding hydrogens is 416 g/mol. The molecule has 0 saturated heterocycles. The zero-order valence-electron chi connectivity index (χ0n) is 18.9. The largest absolute Gasteiger partial charge is 0.456 e. The summed E-state index contributed by atoms with van der Waals surface area (Å²) in [7, 11) is 0. The second-order valence-electron chi connectivity index (χ2n) is 8.18. The highest BCUT2D eigenvalue weighted by Crippen LogP contribution is 2.26. The van der Waals surface area contributed by atoms with E-state index in [4.69, 9.17) is 4.42 Å². The van der Waals surface area contributed by atoms with E-state index in [1.165, 1.54) is 13.0 Å². The van der Waals surface area contributed by atoms with E-state index in [0.29, 0.717) is 39.2 Å². The van der Waals surface area contributed by atoms with Crippen LogP contribution >= 0.6 is 0 Å². The van der Waals surface area contributed by atoms with Crippen LogP contribution in [0.25, 0.3) is 22.3 Å². The Labute approximate surface area is 191 Å². The Morgan fingerprint density at radius 3 is 2.24 bits per heavy atom. The fourth-order valence-electron chi connectivity index (χ4n) is 3.77. The molecule has 4 rings (SSSR count). The summed E-state index contributed by atoms with van der Waals surface area (Å²) in [4.78, 5) is 36.7. The van der Waals surface area contributed by atoms with E-state index in [1.54, 1.807) is 36.4 Å². The average molecular weight is 440 g/mol. The van der Waals surface area contributed by atoms with Crippen LogP contribution in [0.3, 0.4) is 0 Å². The summed E-state index contributed by atoms with van der Waals surface area (Å²) in [6.45, 7) is 7.17. The topological polar surface area (TPSA) is 88.4 Å². The third-order valence-corrected chi connectivity index (χ3v) is 5.40. The molecule has 0 bridgehead atoms. The fourth-order valence-corrected chi connectivity index (χ4v) is 3.77. The molecule has 0 radical (unpaired) electrons. The molecule has 1 heterocycles. The fraction of sp³-hybridized carbons (Fsp3) is 0.148. The first-order valence-corrected chi connectivity index (χ1v) is 10.6. The molecule has 4 aromatic rings. The van der Waals surface area contributed by atoms with Crippen LogP contribution in [0.1, 0.15) is 34.0 Å². The van der Waals surface area contributed by atoms with E-state index in [0.717, 1.165) is 16.7 Å². The third-order valence-electron chi connectivity index (χ3n) is 5.40. The molecule has 0 aliphatic rings. The van der Waals surface area contributed by atoms with Crippen molar-refractivity contribution in [3.63, 3.8) is 0 Å². The Balaban J connectivity index is 1.60.